The van der Waals surface area contributed by atoms with Crippen molar-refractivity contribution in [3.05, 3.63) is 78.9 Å². The molecule has 0 bridgehead atoms. The maximum atomic E-state index is 9.75. The molecule has 3 aromatic rings. The lowest BCUT2D eigenvalue weighted by Gasteiger charge is -2.09. The van der Waals surface area contributed by atoms with Crippen LogP contribution in [0.1, 0.15) is 0 Å². The summed E-state index contributed by atoms with van der Waals surface area (Å²) in [5.74, 6) is 1.75. The minimum absolute atomic E-state index is 0.146. The molecule has 3 rings (SSSR count). The van der Waals surface area contributed by atoms with E-state index in [0.717, 1.165) is 11.5 Å². The quantitative estimate of drug-likeness (QED) is 0.288. The molecule has 0 atom stereocenters. The zero-order valence-electron chi connectivity index (χ0n) is 15.3. The van der Waals surface area contributed by atoms with Crippen LogP contribution in [0.5, 0.6) is 11.5 Å². The lowest BCUT2D eigenvalue weighted by atomic mass is 10.3. The predicted octanol–water partition coefficient (Wildman–Crippen LogP) is 6.10. The van der Waals surface area contributed by atoms with Crippen LogP contribution >= 0.6 is 0 Å². The number of ether oxygens (including phenoxy) is 2. The minimum atomic E-state index is -6.00. The molecule has 0 aliphatic carbocycles. The van der Waals surface area contributed by atoms with Crippen LogP contribution in [0, 0.1) is 0 Å². The zero-order valence-corrected chi connectivity index (χ0v) is 16.1. The van der Waals surface area contributed by atoms with Gasteiger partial charge in [-0.3, -0.25) is 0 Å². The Balaban J connectivity index is 0.000000500. The Morgan fingerprint density at radius 2 is 0.893 bits per heavy atom. The Bertz CT molecular complexity index is 787. The van der Waals surface area contributed by atoms with E-state index in [1.165, 1.54) is 14.7 Å². The molecule has 0 aliphatic rings. The van der Waals surface area contributed by atoms with Gasteiger partial charge >= 0.3 is 7.25 Å². The van der Waals surface area contributed by atoms with Crippen molar-refractivity contribution in [1.29, 1.82) is 0 Å². The molecular formula is C20H19BF4O2S. The maximum absolute atomic E-state index is 9.75. The molecule has 0 heterocycles. The Morgan fingerprint density at radius 3 is 1.21 bits per heavy atom. The van der Waals surface area contributed by atoms with E-state index in [9.17, 15) is 17.3 Å². The predicted molar refractivity (Wildman–Crippen MR) is 105 cm³/mol. The molecule has 3 aromatic carbocycles. The van der Waals surface area contributed by atoms with Gasteiger partial charge in [0.05, 0.1) is 25.1 Å². The van der Waals surface area contributed by atoms with Crippen LogP contribution in [0.2, 0.25) is 0 Å². The van der Waals surface area contributed by atoms with Crippen LogP contribution in [-0.4, -0.2) is 21.5 Å². The molecule has 0 aliphatic heterocycles. The van der Waals surface area contributed by atoms with Crippen LogP contribution in [0.3, 0.4) is 0 Å². The number of rotatable bonds is 5. The first-order valence-corrected chi connectivity index (χ1v) is 9.49. The fraction of sp³-hybridized carbons (Fsp3) is 0.100. The summed E-state index contributed by atoms with van der Waals surface area (Å²) in [6, 6.07) is 27.2. The molecule has 0 saturated carbocycles. The molecule has 0 radical (unpaired) electrons. The highest BCUT2D eigenvalue weighted by atomic mass is 32.2. The van der Waals surface area contributed by atoms with Gasteiger partial charge in [-0.05, 0) is 60.7 Å². The standard InChI is InChI=1S/C20H19O2S.BF4/c1-21-16-8-12-19(13-9-16)23(18-6-4-3-5-7-18)20-14-10-17(22-2)11-15-20;2-1(3,4)5/h3-15H,1-2H3;/q+1;-1. The first kappa shape index (κ1) is 21.7. The van der Waals surface area contributed by atoms with E-state index in [1.807, 2.05) is 30.3 Å². The van der Waals surface area contributed by atoms with E-state index in [1.54, 1.807) is 14.2 Å². The Kier molecular flexibility index (Phi) is 7.81. The fourth-order valence-corrected chi connectivity index (χ4v) is 4.45. The third-order valence-corrected chi connectivity index (χ3v) is 5.80. The molecular weight excluding hydrogens is 391 g/mol. The van der Waals surface area contributed by atoms with Crippen LogP contribution in [0.4, 0.5) is 17.3 Å². The van der Waals surface area contributed by atoms with Gasteiger partial charge in [0.15, 0.2) is 14.7 Å². The topological polar surface area (TPSA) is 18.5 Å². The first-order chi connectivity index (χ1) is 13.3. The smallest absolute Gasteiger partial charge is 0.497 e. The van der Waals surface area contributed by atoms with Crippen molar-refractivity contribution >= 4 is 18.1 Å². The normalized spacial score (nSPS) is 10.8. The summed E-state index contributed by atoms with van der Waals surface area (Å²) in [7, 11) is -2.77. The van der Waals surface area contributed by atoms with E-state index >= 15 is 0 Å². The van der Waals surface area contributed by atoms with Crippen LogP contribution in [-0.2, 0) is 10.9 Å². The summed E-state index contributed by atoms with van der Waals surface area (Å²) in [6.07, 6.45) is 0. The molecule has 8 heteroatoms. The third-order valence-electron chi connectivity index (χ3n) is 3.57. The Labute approximate surface area is 164 Å². The summed E-state index contributed by atoms with van der Waals surface area (Å²) in [4.78, 5) is 3.83. The van der Waals surface area contributed by atoms with Gasteiger partial charge in [-0.2, -0.15) is 0 Å². The van der Waals surface area contributed by atoms with E-state index < -0.39 is 7.25 Å². The Morgan fingerprint density at radius 1 is 0.571 bits per heavy atom. The molecule has 28 heavy (non-hydrogen) atoms. The highest BCUT2D eigenvalue weighted by Crippen LogP contribution is 2.32. The summed E-state index contributed by atoms with van der Waals surface area (Å²) < 4.78 is 49.6. The molecule has 0 aromatic heterocycles. The molecule has 0 saturated heterocycles. The zero-order chi connectivity index (χ0) is 20.6. The highest BCUT2D eigenvalue weighted by molar-refractivity contribution is 7.97. The molecule has 0 fully saturated rings. The third kappa shape index (κ3) is 6.85. The second-order valence-corrected chi connectivity index (χ2v) is 7.49. The number of hydrogen-bond acceptors (Lipinski definition) is 2. The average molecular weight is 410 g/mol. The molecule has 0 unspecified atom stereocenters. The van der Waals surface area contributed by atoms with Gasteiger partial charge in [0.25, 0.3) is 0 Å². The van der Waals surface area contributed by atoms with Crippen molar-refractivity contribution in [3.63, 3.8) is 0 Å². The SMILES string of the molecule is COc1ccc([S+](c2ccccc2)c2ccc(OC)cc2)cc1.F[B-](F)(F)F. The number of halogens is 4. The Hall–Kier alpha value is -2.61. The second kappa shape index (κ2) is 10.1. The number of benzene rings is 3. The van der Waals surface area contributed by atoms with Crippen molar-refractivity contribution in [2.45, 2.75) is 14.7 Å². The van der Waals surface area contributed by atoms with Gasteiger partial charge in [0.2, 0.25) is 0 Å². The lowest BCUT2D eigenvalue weighted by molar-refractivity contribution is 0.368. The van der Waals surface area contributed by atoms with E-state index in [-0.39, 0.29) is 10.9 Å². The summed E-state index contributed by atoms with van der Waals surface area (Å²) in [6.45, 7) is 0. The highest BCUT2D eigenvalue weighted by Gasteiger charge is 2.28. The van der Waals surface area contributed by atoms with Crippen LogP contribution in [0.25, 0.3) is 0 Å². The summed E-state index contributed by atoms with van der Waals surface area (Å²) >= 11 is 0. The van der Waals surface area contributed by atoms with Crippen molar-refractivity contribution in [1.82, 2.24) is 0 Å². The van der Waals surface area contributed by atoms with Crippen molar-refractivity contribution in [3.8, 4) is 11.5 Å². The van der Waals surface area contributed by atoms with Crippen LogP contribution in [0.15, 0.2) is 93.5 Å². The molecule has 0 spiro atoms. The molecule has 0 amide bonds. The first-order valence-electron chi connectivity index (χ1n) is 8.26. The largest absolute Gasteiger partial charge is 0.673 e. The maximum Gasteiger partial charge on any atom is 0.673 e. The average Bonchev–Trinajstić information content (AvgIpc) is 2.69. The van der Waals surface area contributed by atoms with Gasteiger partial charge in [-0.15, -0.1) is 0 Å². The van der Waals surface area contributed by atoms with E-state index in [2.05, 4.69) is 48.5 Å². The minimum Gasteiger partial charge on any atom is -0.497 e. The molecule has 2 nitrogen and oxygen atoms in total. The van der Waals surface area contributed by atoms with E-state index in [4.69, 9.17) is 9.47 Å². The van der Waals surface area contributed by atoms with Gasteiger partial charge in [0.1, 0.15) is 11.5 Å². The van der Waals surface area contributed by atoms with Gasteiger partial charge < -0.3 is 26.7 Å². The van der Waals surface area contributed by atoms with Crippen molar-refractivity contribution < 1.29 is 26.7 Å². The summed E-state index contributed by atoms with van der Waals surface area (Å²) in [5.41, 5.74) is 0. The van der Waals surface area contributed by atoms with Gasteiger partial charge in [0, 0.05) is 0 Å². The van der Waals surface area contributed by atoms with Crippen molar-refractivity contribution in [2.75, 3.05) is 14.2 Å². The second-order valence-electron chi connectivity index (χ2n) is 5.47. The van der Waals surface area contributed by atoms with Crippen LogP contribution < -0.4 is 9.47 Å². The number of methoxy groups -OCH3 is 2. The van der Waals surface area contributed by atoms with Crippen molar-refractivity contribution in [2.24, 2.45) is 0 Å². The molecule has 0 N–H and O–H groups in total. The van der Waals surface area contributed by atoms with Gasteiger partial charge in [-0.25, -0.2) is 0 Å². The monoisotopic (exact) mass is 410 g/mol. The molecule has 148 valence electrons. The lowest BCUT2D eigenvalue weighted by Crippen LogP contribution is -2.04. The van der Waals surface area contributed by atoms with Gasteiger partial charge in [-0.1, -0.05) is 18.2 Å². The summed E-state index contributed by atoms with van der Waals surface area (Å²) in [5, 5.41) is 0. The fourth-order valence-electron chi connectivity index (χ4n) is 2.39. The van der Waals surface area contributed by atoms with E-state index in [0.29, 0.717) is 0 Å². The number of hydrogen-bond donors (Lipinski definition) is 0.